The zero-order chi connectivity index (χ0) is 16.1. The zero-order valence-electron chi connectivity index (χ0n) is 14.3. The number of hydrogen-bond acceptors (Lipinski definition) is 2. The lowest BCUT2D eigenvalue weighted by Crippen LogP contribution is -2.29. The Hall–Kier alpha value is -1.58. The van der Waals surface area contributed by atoms with Crippen LogP contribution in [0.15, 0.2) is 42.5 Å². The van der Waals surface area contributed by atoms with Gasteiger partial charge < -0.3 is 10.2 Å². The SMILES string of the molecule is CN(CCc1cccc2ccccc12)C(=O)CCC1CCNC1.Cl. The third-order valence-corrected chi connectivity index (χ3v) is 4.95. The summed E-state index contributed by atoms with van der Waals surface area (Å²) in [4.78, 5) is 14.2. The highest BCUT2D eigenvalue weighted by Gasteiger charge is 2.17. The third-order valence-electron chi connectivity index (χ3n) is 4.95. The Morgan fingerprint density at radius 1 is 1.21 bits per heavy atom. The molecule has 2 aromatic rings. The van der Waals surface area contributed by atoms with Crippen molar-refractivity contribution >= 4 is 29.1 Å². The van der Waals surface area contributed by atoms with Gasteiger partial charge in [-0.15, -0.1) is 12.4 Å². The van der Waals surface area contributed by atoms with Crippen LogP contribution in [0, 0.1) is 5.92 Å². The second-order valence-corrected chi connectivity index (χ2v) is 6.60. The van der Waals surface area contributed by atoms with Crippen LogP contribution in [0.5, 0.6) is 0 Å². The van der Waals surface area contributed by atoms with E-state index in [0.717, 1.165) is 32.5 Å². The van der Waals surface area contributed by atoms with Crippen LogP contribution in [0.25, 0.3) is 10.8 Å². The van der Waals surface area contributed by atoms with Gasteiger partial charge in [-0.05, 0) is 54.6 Å². The molecule has 3 rings (SSSR count). The van der Waals surface area contributed by atoms with E-state index < -0.39 is 0 Å². The first kappa shape index (κ1) is 18.8. The number of amides is 1. The van der Waals surface area contributed by atoms with Gasteiger partial charge in [-0.25, -0.2) is 0 Å². The quantitative estimate of drug-likeness (QED) is 0.865. The van der Waals surface area contributed by atoms with Crippen LogP contribution in [0.3, 0.4) is 0 Å². The number of rotatable bonds is 6. The average molecular weight is 347 g/mol. The molecular weight excluding hydrogens is 320 g/mol. The van der Waals surface area contributed by atoms with Gasteiger partial charge in [-0.3, -0.25) is 4.79 Å². The molecule has 24 heavy (non-hydrogen) atoms. The zero-order valence-corrected chi connectivity index (χ0v) is 15.1. The number of likely N-dealkylation sites (N-methyl/N-ethyl adjacent to an activating group) is 1. The van der Waals surface area contributed by atoms with Gasteiger partial charge in [0, 0.05) is 20.0 Å². The molecule has 1 atom stereocenters. The Balaban J connectivity index is 0.00000208. The topological polar surface area (TPSA) is 32.3 Å². The highest BCUT2D eigenvalue weighted by Crippen LogP contribution is 2.19. The van der Waals surface area contributed by atoms with E-state index in [1.165, 1.54) is 22.8 Å². The van der Waals surface area contributed by atoms with Crippen LogP contribution in [-0.4, -0.2) is 37.5 Å². The van der Waals surface area contributed by atoms with E-state index >= 15 is 0 Å². The lowest BCUT2D eigenvalue weighted by Gasteiger charge is -2.18. The highest BCUT2D eigenvalue weighted by molar-refractivity contribution is 5.86. The molecule has 3 nitrogen and oxygen atoms in total. The van der Waals surface area contributed by atoms with Crippen molar-refractivity contribution in [3.05, 3.63) is 48.0 Å². The predicted molar refractivity (Wildman–Crippen MR) is 103 cm³/mol. The standard InChI is InChI=1S/C20H26N2O.ClH/c1-22(20(23)10-9-16-11-13-21-15-16)14-12-18-7-4-6-17-5-2-3-8-19(17)18;/h2-8,16,21H,9-15H2,1H3;1H. The number of halogens is 1. The van der Waals surface area contributed by atoms with Gasteiger partial charge in [0.25, 0.3) is 0 Å². The Bertz CT molecular complexity index is 662. The summed E-state index contributed by atoms with van der Waals surface area (Å²) in [5, 5.41) is 5.93. The minimum Gasteiger partial charge on any atom is -0.345 e. The molecule has 0 radical (unpaired) electrons. The molecule has 1 amide bonds. The van der Waals surface area contributed by atoms with Gasteiger partial charge in [-0.1, -0.05) is 42.5 Å². The summed E-state index contributed by atoms with van der Waals surface area (Å²) in [5.74, 6) is 0.961. The van der Waals surface area contributed by atoms with E-state index in [4.69, 9.17) is 0 Å². The highest BCUT2D eigenvalue weighted by atomic mass is 35.5. The van der Waals surface area contributed by atoms with E-state index in [9.17, 15) is 4.79 Å². The van der Waals surface area contributed by atoms with Gasteiger partial charge in [0.2, 0.25) is 5.91 Å². The van der Waals surface area contributed by atoms with Crippen molar-refractivity contribution in [3.63, 3.8) is 0 Å². The van der Waals surface area contributed by atoms with Crippen molar-refractivity contribution < 1.29 is 4.79 Å². The number of fused-ring (bicyclic) bond motifs is 1. The summed E-state index contributed by atoms with van der Waals surface area (Å²) in [6.45, 7) is 2.97. The van der Waals surface area contributed by atoms with Gasteiger partial charge in [0.05, 0.1) is 0 Å². The Morgan fingerprint density at radius 2 is 2.00 bits per heavy atom. The second kappa shape index (κ2) is 9.05. The molecule has 0 spiro atoms. The molecule has 1 aliphatic heterocycles. The van der Waals surface area contributed by atoms with Gasteiger partial charge in [0.15, 0.2) is 0 Å². The first-order valence-corrected chi connectivity index (χ1v) is 8.65. The fourth-order valence-corrected chi connectivity index (χ4v) is 3.40. The molecule has 1 aliphatic rings. The maximum absolute atomic E-state index is 12.3. The summed E-state index contributed by atoms with van der Waals surface area (Å²) in [7, 11) is 1.93. The van der Waals surface area contributed by atoms with Crippen LogP contribution in [0.4, 0.5) is 0 Å². The van der Waals surface area contributed by atoms with Crippen molar-refractivity contribution in [1.82, 2.24) is 10.2 Å². The van der Waals surface area contributed by atoms with E-state index in [2.05, 4.69) is 47.8 Å². The molecule has 0 aromatic heterocycles. The molecule has 1 N–H and O–H groups in total. The maximum Gasteiger partial charge on any atom is 0.222 e. The molecule has 0 aliphatic carbocycles. The predicted octanol–water partition coefficient (Wildman–Crippen LogP) is 3.65. The lowest BCUT2D eigenvalue weighted by molar-refractivity contribution is -0.130. The van der Waals surface area contributed by atoms with Gasteiger partial charge in [0.1, 0.15) is 0 Å². The third kappa shape index (κ3) is 4.71. The van der Waals surface area contributed by atoms with Crippen LogP contribution in [0.2, 0.25) is 0 Å². The summed E-state index contributed by atoms with van der Waals surface area (Å²) < 4.78 is 0. The molecule has 0 bridgehead atoms. The van der Waals surface area contributed by atoms with Crippen LogP contribution < -0.4 is 5.32 Å². The monoisotopic (exact) mass is 346 g/mol. The first-order chi connectivity index (χ1) is 11.2. The van der Waals surface area contributed by atoms with E-state index in [1.807, 2.05) is 11.9 Å². The molecule has 1 saturated heterocycles. The smallest absolute Gasteiger partial charge is 0.222 e. The van der Waals surface area contributed by atoms with Gasteiger partial charge >= 0.3 is 0 Å². The largest absolute Gasteiger partial charge is 0.345 e. The first-order valence-electron chi connectivity index (χ1n) is 8.65. The number of carbonyl (C=O) groups excluding carboxylic acids is 1. The van der Waals surface area contributed by atoms with Crippen LogP contribution in [-0.2, 0) is 11.2 Å². The van der Waals surface area contributed by atoms with E-state index in [0.29, 0.717) is 12.3 Å². The molecule has 1 fully saturated rings. The Labute approximate surface area is 150 Å². The van der Waals surface area contributed by atoms with Crippen molar-refractivity contribution in [2.45, 2.75) is 25.7 Å². The molecule has 0 saturated carbocycles. The molecular formula is C20H27ClN2O. The van der Waals surface area contributed by atoms with Crippen molar-refractivity contribution in [3.8, 4) is 0 Å². The second-order valence-electron chi connectivity index (χ2n) is 6.60. The molecule has 1 unspecified atom stereocenters. The van der Waals surface area contributed by atoms with Crippen LogP contribution in [0.1, 0.15) is 24.8 Å². The maximum atomic E-state index is 12.3. The average Bonchev–Trinajstić information content (AvgIpc) is 3.11. The van der Waals surface area contributed by atoms with Crippen molar-refractivity contribution in [2.24, 2.45) is 5.92 Å². The fraction of sp³-hybridized carbons (Fsp3) is 0.450. The van der Waals surface area contributed by atoms with Gasteiger partial charge in [-0.2, -0.15) is 0 Å². The van der Waals surface area contributed by atoms with E-state index in [-0.39, 0.29) is 18.3 Å². The van der Waals surface area contributed by atoms with Crippen molar-refractivity contribution in [2.75, 3.05) is 26.7 Å². The minimum absolute atomic E-state index is 0. The number of benzene rings is 2. The van der Waals surface area contributed by atoms with E-state index in [1.54, 1.807) is 0 Å². The minimum atomic E-state index is 0. The normalized spacial score (nSPS) is 16.8. The fourth-order valence-electron chi connectivity index (χ4n) is 3.40. The summed E-state index contributed by atoms with van der Waals surface area (Å²) in [6, 6.07) is 14.9. The molecule has 2 aromatic carbocycles. The van der Waals surface area contributed by atoms with Crippen molar-refractivity contribution in [1.29, 1.82) is 0 Å². The summed E-state index contributed by atoms with van der Waals surface area (Å²) in [5.41, 5.74) is 1.32. The lowest BCUT2D eigenvalue weighted by atomic mass is 10.0. The molecule has 1 heterocycles. The number of hydrogen-bond donors (Lipinski definition) is 1. The Morgan fingerprint density at radius 3 is 2.79 bits per heavy atom. The molecule has 130 valence electrons. The number of carbonyl (C=O) groups is 1. The summed E-state index contributed by atoms with van der Waals surface area (Å²) >= 11 is 0. The van der Waals surface area contributed by atoms with Crippen LogP contribution >= 0.6 is 12.4 Å². The summed E-state index contributed by atoms with van der Waals surface area (Å²) in [6.07, 6.45) is 3.82. The number of nitrogens with one attached hydrogen (secondary N) is 1. The number of nitrogens with zero attached hydrogens (tertiary/aromatic N) is 1. The Kier molecular flexibility index (Phi) is 7.07. The molecule has 4 heteroatoms.